The van der Waals surface area contributed by atoms with Crippen LogP contribution in [0.3, 0.4) is 0 Å². The van der Waals surface area contributed by atoms with Crippen LogP contribution in [0, 0.1) is 0 Å². The summed E-state index contributed by atoms with van der Waals surface area (Å²) >= 11 is 3.37. The molecule has 5 heteroatoms. The van der Waals surface area contributed by atoms with Crippen molar-refractivity contribution in [3.63, 3.8) is 0 Å². The van der Waals surface area contributed by atoms with Crippen LogP contribution in [0.25, 0.3) is 10.9 Å². The van der Waals surface area contributed by atoms with Crippen molar-refractivity contribution in [2.45, 2.75) is 19.9 Å². The topological polar surface area (TPSA) is 38.1 Å². The van der Waals surface area contributed by atoms with Crippen LogP contribution in [0.1, 0.15) is 30.2 Å². The Kier molecular flexibility index (Phi) is 4.28. The number of nitrogens with zero attached hydrogens (tertiary/aromatic N) is 3. The third-order valence-electron chi connectivity index (χ3n) is 3.03. The second-order valence-electron chi connectivity index (χ2n) is 5.21. The Hall–Kier alpha value is -1.62. The summed E-state index contributed by atoms with van der Waals surface area (Å²) in [6.45, 7) is 4.18. The van der Waals surface area contributed by atoms with Crippen molar-refractivity contribution in [3.8, 4) is 0 Å². The van der Waals surface area contributed by atoms with Gasteiger partial charge in [0.25, 0.3) is 0 Å². The van der Waals surface area contributed by atoms with E-state index in [2.05, 4.69) is 39.3 Å². The largest absolute Gasteiger partial charge is 0.383 e. The number of hydrogen-bond acceptors (Lipinski definition) is 3. The molecular weight excluding hydrogens is 318 g/mol. The number of halogens is 1. The molecule has 0 N–H and O–H groups in total. The molecule has 0 bridgehead atoms. The Balaban J connectivity index is 2.58. The van der Waals surface area contributed by atoms with Gasteiger partial charge in [0.2, 0.25) is 0 Å². The van der Waals surface area contributed by atoms with Gasteiger partial charge in [-0.25, -0.2) is 4.98 Å². The molecule has 20 heavy (non-hydrogen) atoms. The lowest BCUT2D eigenvalue weighted by Crippen LogP contribution is -2.03. The lowest BCUT2D eigenvalue weighted by atomic mass is 10.1. The fraction of sp³-hybridized carbons (Fsp3) is 0.333. The van der Waals surface area contributed by atoms with E-state index in [4.69, 9.17) is 0 Å². The number of aromatic nitrogens is 2. The summed E-state index contributed by atoms with van der Waals surface area (Å²) in [5, 5.41) is 0.925. The number of rotatable bonds is 4. The van der Waals surface area contributed by atoms with E-state index >= 15 is 0 Å². The molecular formula is C15H18BrN3O. The molecule has 106 valence electrons. The highest BCUT2D eigenvalue weighted by Gasteiger charge is 2.15. The van der Waals surface area contributed by atoms with Crippen LogP contribution in [-0.2, 0) is 0 Å². The van der Waals surface area contributed by atoms with E-state index in [0.717, 1.165) is 15.5 Å². The average Bonchev–Trinajstić information content (AvgIpc) is 2.74. The minimum atomic E-state index is 0.00111. The first kappa shape index (κ1) is 14.8. The van der Waals surface area contributed by atoms with E-state index < -0.39 is 0 Å². The Morgan fingerprint density at radius 1 is 1.45 bits per heavy atom. The Morgan fingerprint density at radius 3 is 2.75 bits per heavy atom. The molecule has 2 aromatic heterocycles. The maximum absolute atomic E-state index is 12.3. The van der Waals surface area contributed by atoms with Crippen LogP contribution in [0.2, 0.25) is 0 Å². The van der Waals surface area contributed by atoms with Crippen molar-refractivity contribution >= 4 is 32.6 Å². The molecule has 0 saturated carbocycles. The molecule has 0 aliphatic heterocycles. The summed E-state index contributed by atoms with van der Waals surface area (Å²) in [7, 11) is 3.78. The second-order valence-corrected chi connectivity index (χ2v) is 6.02. The highest BCUT2D eigenvalue weighted by Crippen LogP contribution is 2.26. The molecule has 2 aromatic rings. The van der Waals surface area contributed by atoms with Crippen molar-refractivity contribution in [3.05, 3.63) is 40.9 Å². The summed E-state index contributed by atoms with van der Waals surface area (Å²) in [4.78, 5) is 18.4. The normalized spacial score (nSPS) is 11.7. The van der Waals surface area contributed by atoms with Gasteiger partial charge in [-0.3, -0.25) is 4.79 Å². The maximum atomic E-state index is 12.3. The number of fused-ring (bicyclic) bond motifs is 1. The van der Waals surface area contributed by atoms with Gasteiger partial charge in [-0.05, 0) is 35.8 Å². The van der Waals surface area contributed by atoms with Crippen LogP contribution in [0.15, 0.2) is 35.3 Å². The van der Waals surface area contributed by atoms with E-state index in [9.17, 15) is 4.79 Å². The summed E-state index contributed by atoms with van der Waals surface area (Å²) < 4.78 is 2.81. The van der Waals surface area contributed by atoms with E-state index in [-0.39, 0.29) is 11.8 Å². The van der Waals surface area contributed by atoms with Gasteiger partial charge in [0.05, 0.1) is 11.7 Å². The van der Waals surface area contributed by atoms with Gasteiger partial charge in [-0.2, -0.15) is 0 Å². The SMILES string of the molecule is CC(C)n1cc(C(=O)/C=C/N(C)C)c2cc(Br)ncc21. The van der Waals surface area contributed by atoms with E-state index in [1.54, 1.807) is 18.5 Å². The van der Waals surface area contributed by atoms with Gasteiger partial charge in [0.1, 0.15) is 4.60 Å². The molecule has 2 heterocycles. The fourth-order valence-corrected chi connectivity index (χ4v) is 2.38. The van der Waals surface area contributed by atoms with Crippen LogP contribution >= 0.6 is 15.9 Å². The zero-order valence-corrected chi connectivity index (χ0v) is 13.7. The Morgan fingerprint density at radius 2 is 2.15 bits per heavy atom. The lowest BCUT2D eigenvalue weighted by Gasteiger charge is -2.08. The molecule has 0 spiro atoms. The van der Waals surface area contributed by atoms with Gasteiger partial charge in [0.15, 0.2) is 5.78 Å². The predicted molar refractivity (Wildman–Crippen MR) is 85.0 cm³/mol. The minimum Gasteiger partial charge on any atom is -0.383 e. The monoisotopic (exact) mass is 335 g/mol. The first-order valence-electron chi connectivity index (χ1n) is 6.45. The summed E-state index contributed by atoms with van der Waals surface area (Å²) in [5.74, 6) is 0.00111. The van der Waals surface area contributed by atoms with Crippen LogP contribution < -0.4 is 0 Å². The average molecular weight is 336 g/mol. The van der Waals surface area contributed by atoms with Crippen LogP contribution in [-0.4, -0.2) is 34.3 Å². The first-order chi connectivity index (χ1) is 9.40. The van der Waals surface area contributed by atoms with Crippen molar-refractivity contribution in [2.75, 3.05) is 14.1 Å². The number of hydrogen-bond donors (Lipinski definition) is 0. The number of carbonyl (C=O) groups excluding carboxylic acids is 1. The smallest absolute Gasteiger partial charge is 0.189 e. The Bertz CT molecular complexity index is 671. The quantitative estimate of drug-likeness (QED) is 0.486. The summed E-state index contributed by atoms with van der Waals surface area (Å²) in [6.07, 6.45) is 7.06. The van der Waals surface area contributed by atoms with E-state index in [1.807, 2.05) is 31.3 Å². The van der Waals surface area contributed by atoms with E-state index in [0.29, 0.717) is 5.56 Å². The number of ketones is 1. The molecule has 4 nitrogen and oxygen atoms in total. The number of allylic oxidation sites excluding steroid dienone is 1. The molecule has 0 aliphatic carbocycles. The molecule has 0 aliphatic rings. The molecule has 2 rings (SSSR count). The highest BCUT2D eigenvalue weighted by molar-refractivity contribution is 9.10. The highest BCUT2D eigenvalue weighted by atomic mass is 79.9. The van der Waals surface area contributed by atoms with E-state index in [1.165, 1.54) is 0 Å². The second kappa shape index (κ2) is 5.79. The minimum absolute atomic E-state index is 0.00111. The zero-order valence-electron chi connectivity index (χ0n) is 12.1. The predicted octanol–water partition coefficient (Wildman–Crippen LogP) is 3.64. The zero-order chi connectivity index (χ0) is 14.9. The van der Waals surface area contributed by atoms with Crippen molar-refractivity contribution in [1.82, 2.24) is 14.5 Å². The van der Waals surface area contributed by atoms with Crippen LogP contribution in [0.4, 0.5) is 0 Å². The lowest BCUT2D eigenvalue weighted by molar-refractivity contribution is 0.104. The molecule has 0 radical (unpaired) electrons. The Labute approximate surface area is 127 Å². The van der Waals surface area contributed by atoms with Crippen LogP contribution in [0.5, 0.6) is 0 Å². The molecule has 0 atom stereocenters. The number of carbonyl (C=O) groups is 1. The summed E-state index contributed by atoms with van der Waals surface area (Å²) in [6, 6.07) is 2.17. The summed E-state index contributed by atoms with van der Waals surface area (Å²) in [5.41, 5.74) is 1.68. The van der Waals surface area contributed by atoms with Crippen molar-refractivity contribution in [1.29, 1.82) is 0 Å². The number of pyridine rings is 1. The molecule has 0 aromatic carbocycles. The third kappa shape index (κ3) is 2.93. The van der Waals surface area contributed by atoms with Gasteiger partial charge in [0, 0.05) is 49.6 Å². The van der Waals surface area contributed by atoms with Gasteiger partial charge in [-0.1, -0.05) is 0 Å². The molecule has 0 unspecified atom stereocenters. The van der Waals surface area contributed by atoms with Crippen molar-refractivity contribution in [2.24, 2.45) is 0 Å². The third-order valence-corrected chi connectivity index (χ3v) is 3.47. The molecule has 0 amide bonds. The van der Waals surface area contributed by atoms with Gasteiger partial charge in [-0.15, -0.1) is 0 Å². The fourth-order valence-electron chi connectivity index (χ4n) is 2.05. The first-order valence-corrected chi connectivity index (χ1v) is 7.24. The molecule has 0 saturated heterocycles. The van der Waals surface area contributed by atoms with Gasteiger partial charge >= 0.3 is 0 Å². The molecule has 0 fully saturated rings. The maximum Gasteiger partial charge on any atom is 0.189 e. The standard InChI is InChI=1S/C15H18BrN3O/c1-10(2)19-9-12(14(20)5-6-18(3)4)11-7-15(16)17-8-13(11)19/h5-10H,1-4H3/b6-5+. The van der Waals surface area contributed by atoms with Crippen molar-refractivity contribution < 1.29 is 4.79 Å². The van der Waals surface area contributed by atoms with Gasteiger partial charge < -0.3 is 9.47 Å².